The van der Waals surface area contributed by atoms with Gasteiger partial charge in [0.1, 0.15) is 7.05 Å². The van der Waals surface area contributed by atoms with E-state index in [-0.39, 0.29) is 5.92 Å². The summed E-state index contributed by atoms with van der Waals surface area (Å²) in [4.78, 5) is 2.35. The Balaban J connectivity index is 1.83. The monoisotopic (exact) mass is 344 g/mol. The molecule has 0 saturated heterocycles. The van der Waals surface area contributed by atoms with E-state index in [1.165, 1.54) is 28.2 Å². The van der Waals surface area contributed by atoms with E-state index >= 15 is 0 Å². The van der Waals surface area contributed by atoms with Crippen LogP contribution in [0.4, 0.5) is 11.4 Å². The van der Waals surface area contributed by atoms with Crippen LogP contribution in [0.25, 0.3) is 6.08 Å². The molecule has 0 fully saturated rings. The zero-order chi connectivity index (χ0) is 18.7. The predicted octanol–water partition coefficient (Wildman–Crippen LogP) is 4.95. The predicted molar refractivity (Wildman–Crippen MR) is 109 cm³/mol. The third kappa shape index (κ3) is 3.28. The molecule has 2 aromatic carbocycles. The molecular weight excluding hydrogens is 318 g/mol. The number of benzene rings is 2. The average molecular weight is 344 g/mol. The highest BCUT2D eigenvalue weighted by Crippen LogP contribution is 2.35. The normalized spacial score (nSPS) is 16.0. The van der Waals surface area contributed by atoms with Crippen molar-refractivity contribution in [2.45, 2.75) is 26.7 Å². The Hall–Kier alpha value is -2.86. The third-order valence-corrected chi connectivity index (χ3v) is 5.28. The Morgan fingerprint density at radius 2 is 1.77 bits per heavy atom. The maximum atomic E-state index is 9.15. The lowest BCUT2D eigenvalue weighted by molar-refractivity contribution is -0.401. The molecule has 1 aliphatic heterocycles. The number of nitrogens with zero attached hydrogens (tertiary/aromatic N) is 3. The van der Waals surface area contributed by atoms with Gasteiger partial charge in [0.05, 0.1) is 17.6 Å². The Morgan fingerprint density at radius 1 is 1.08 bits per heavy atom. The fraction of sp³-hybridized carbons (Fsp3) is 0.304. The maximum absolute atomic E-state index is 9.15. The van der Waals surface area contributed by atoms with Crippen molar-refractivity contribution < 1.29 is 4.58 Å². The molecule has 3 heteroatoms. The molecule has 1 unspecified atom stereocenters. The van der Waals surface area contributed by atoms with E-state index in [0.29, 0.717) is 0 Å². The summed E-state index contributed by atoms with van der Waals surface area (Å²) >= 11 is 0. The SMILES string of the molecule is CCN(CC)c1ccc(/C=C/C2=[N+](C)c3ccc(C#N)cc3C2C)cc1. The highest BCUT2D eigenvalue weighted by Gasteiger charge is 2.32. The van der Waals surface area contributed by atoms with Crippen molar-refractivity contribution in [3.8, 4) is 6.07 Å². The zero-order valence-electron chi connectivity index (χ0n) is 16.0. The summed E-state index contributed by atoms with van der Waals surface area (Å²) in [5.74, 6) is 0.287. The summed E-state index contributed by atoms with van der Waals surface area (Å²) in [6.45, 7) is 8.61. The van der Waals surface area contributed by atoms with Gasteiger partial charge in [-0.1, -0.05) is 12.1 Å². The maximum Gasteiger partial charge on any atom is 0.209 e. The quantitative estimate of drug-likeness (QED) is 0.718. The van der Waals surface area contributed by atoms with E-state index in [1.54, 1.807) is 0 Å². The van der Waals surface area contributed by atoms with E-state index in [2.05, 4.69) is 79.8 Å². The van der Waals surface area contributed by atoms with Crippen molar-refractivity contribution in [3.05, 3.63) is 65.2 Å². The first-order valence-electron chi connectivity index (χ1n) is 9.26. The molecule has 1 atom stereocenters. The number of rotatable bonds is 5. The van der Waals surface area contributed by atoms with Crippen LogP contribution < -0.4 is 4.90 Å². The van der Waals surface area contributed by atoms with Crippen LogP contribution in [0.1, 0.15) is 43.4 Å². The van der Waals surface area contributed by atoms with Crippen molar-refractivity contribution in [1.29, 1.82) is 5.26 Å². The third-order valence-electron chi connectivity index (χ3n) is 5.28. The van der Waals surface area contributed by atoms with Gasteiger partial charge >= 0.3 is 0 Å². The van der Waals surface area contributed by atoms with Crippen molar-refractivity contribution in [3.63, 3.8) is 0 Å². The summed E-state index contributed by atoms with van der Waals surface area (Å²) in [6.07, 6.45) is 4.37. The van der Waals surface area contributed by atoms with Crippen LogP contribution in [0.2, 0.25) is 0 Å². The van der Waals surface area contributed by atoms with Gasteiger partial charge in [-0.25, -0.2) is 0 Å². The number of nitriles is 1. The van der Waals surface area contributed by atoms with Crippen LogP contribution >= 0.6 is 0 Å². The van der Waals surface area contributed by atoms with Crippen LogP contribution in [0.15, 0.2) is 48.5 Å². The molecular formula is C23H26N3+. The van der Waals surface area contributed by atoms with Gasteiger partial charge in [-0.15, -0.1) is 0 Å². The number of anilines is 1. The fourth-order valence-electron chi connectivity index (χ4n) is 3.69. The van der Waals surface area contributed by atoms with Crippen molar-refractivity contribution >= 4 is 23.2 Å². The van der Waals surface area contributed by atoms with E-state index in [1.807, 2.05) is 18.2 Å². The first-order valence-corrected chi connectivity index (χ1v) is 9.26. The van der Waals surface area contributed by atoms with Gasteiger partial charge in [0.15, 0.2) is 5.71 Å². The summed E-state index contributed by atoms with van der Waals surface area (Å²) < 4.78 is 2.22. The molecule has 0 aromatic heterocycles. The van der Waals surface area contributed by atoms with Gasteiger partial charge in [0.25, 0.3) is 0 Å². The van der Waals surface area contributed by atoms with Crippen LogP contribution in [-0.4, -0.2) is 30.4 Å². The van der Waals surface area contributed by atoms with E-state index in [0.717, 1.165) is 18.7 Å². The van der Waals surface area contributed by atoms with Crippen LogP contribution in [-0.2, 0) is 0 Å². The highest BCUT2D eigenvalue weighted by molar-refractivity contribution is 6.02. The minimum absolute atomic E-state index is 0.287. The molecule has 132 valence electrons. The summed E-state index contributed by atoms with van der Waals surface area (Å²) in [5, 5.41) is 9.15. The average Bonchev–Trinajstić information content (AvgIpc) is 2.92. The second kappa shape index (κ2) is 7.58. The number of fused-ring (bicyclic) bond motifs is 1. The smallest absolute Gasteiger partial charge is 0.209 e. The lowest BCUT2D eigenvalue weighted by Crippen LogP contribution is -2.21. The van der Waals surface area contributed by atoms with Crippen LogP contribution in [0, 0.1) is 11.3 Å². The van der Waals surface area contributed by atoms with Gasteiger partial charge in [-0.3, -0.25) is 0 Å². The molecule has 0 N–H and O–H groups in total. The van der Waals surface area contributed by atoms with Crippen LogP contribution in [0.3, 0.4) is 0 Å². The van der Waals surface area contributed by atoms with Gasteiger partial charge in [0, 0.05) is 36.5 Å². The molecule has 1 heterocycles. The largest absolute Gasteiger partial charge is 0.372 e. The lowest BCUT2D eigenvalue weighted by Gasteiger charge is -2.20. The molecule has 26 heavy (non-hydrogen) atoms. The Bertz CT molecular complexity index is 894. The molecule has 2 aromatic rings. The summed E-state index contributed by atoms with van der Waals surface area (Å²) in [5.41, 5.74) is 6.85. The number of hydrogen-bond acceptors (Lipinski definition) is 2. The standard InChI is InChI=1S/C23H26N3/c1-5-26(6-2)20-11-7-18(8-12-20)9-13-22-17(3)21-15-19(16-24)10-14-23(21)25(22)4/h7-15,17H,5-6H2,1-4H3/q+1. The van der Waals surface area contributed by atoms with Gasteiger partial charge in [-0.05, 0) is 56.7 Å². The van der Waals surface area contributed by atoms with Crippen molar-refractivity contribution in [2.24, 2.45) is 0 Å². The Kier molecular flexibility index (Phi) is 5.23. The fourth-order valence-corrected chi connectivity index (χ4v) is 3.69. The molecule has 1 aliphatic rings. The summed E-state index contributed by atoms with van der Waals surface area (Å²) in [7, 11) is 2.09. The lowest BCUT2D eigenvalue weighted by atomic mass is 9.96. The van der Waals surface area contributed by atoms with Crippen molar-refractivity contribution in [1.82, 2.24) is 0 Å². The second-order valence-corrected chi connectivity index (χ2v) is 6.69. The molecule has 3 nitrogen and oxygen atoms in total. The Labute approximate surface area is 156 Å². The molecule has 0 bridgehead atoms. The van der Waals surface area contributed by atoms with Crippen LogP contribution in [0.5, 0.6) is 0 Å². The first-order chi connectivity index (χ1) is 12.6. The minimum atomic E-state index is 0.287. The topological polar surface area (TPSA) is 30.0 Å². The van der Waals surface area contributed by atoms with E-state index in [4.69, 9.17) is 5.26 Å². The van der Waals surface area contributed by atoms with Gasteiger partial charge < -0.3 is 4.90 Å². The number of allylic oxidation sites excluding steroid dienone is 1. The van der Waals surface area contributed by atoms with Gasteiger partial charge in [0.2, 0.25) is 5.69 Å². The molecule has 0 radical (unpaired) electrons. The Morgan fingerprint density at radius 3 is 2.38 bits per heavy atom. The molecule has 0 spiro atoms. The second-order valence-electron chi connectivity index (χ2n) is 6.69. The minimum Gasteiger partial charge on any atom is -0.372 e. The zero-order valence-corrected chi connectivity index (χ0v) is 16.0. The van der Waals surface area contributed by atoms with Crippen molar-refractivity contribution in [2.75, 3.05) is 25.0 Å². The van der Waals surface area contributed by atoms with E-state index < -0.39 is 0 Å². The molecule has 0 amide bonds. The van der Waals surface area contributed by atoms with E-state index in [9.17, 15) is 0 Å². The highest BCUT2D eigenvalue weighted by atomic mass is 15.1. The van der Waals surface area contributed by atoms with Gasteiger partial charge in [-0.2, -0.15) is 9.84 Å². The summed E-state index contributed by atoms with van der Waals surface area (Å²) in [6, 6.07) is 16.9. The first kappa shape index (κ1) is 17.9. The molecule has 3 rings (SSSR count). The molecule has 0 aliphatic carbocycles. The molecule has 0 saturated carbocycles. The number of hydrogen-bond donors (Lipinski definition) is 0.